The maximum absolute atomic E-state index is 12.0. The maximum atomic E-state index is 12.0. The monoisotopic (exact) mass is 349 g/mol. The quantitative estimate of drug-likeness (QED) is 0.662. The molecule has 5 heteroatoms. The predicted molar refractivity (Wildman–Crippen MR) is 98.3 cm³/mol. The van der Waals surface area contributed by atoms with Gasteiger partial charge < -0.3 is 14.4 Å². The van der Waals surface area contributed by atoms with Crippen LogP contribution in [0.1, 0.15) is 24.2 Å². The molecule has 130 valence electrons. The highest BCUT2D eigenvalue weighted by molar-refractivity contribution is 5.89. The molecule has 0 aliphatic heterocycles. The first-order valence-electron chi connectivity index (χ1n) is 7.95. The lowest BCUT2D eigenvalue weighted by Gasteiger charge is -2.17. The van der Waals surface area contributed by atoms with E-state index in [-0.39, 0.29) is 18.4 Å². The highest BCUT2D eigenvalue weighted by Gasteiger charge is 2.08. The Hall–Kier alpha value is -2.04. The van der Waals surface area contributed by atoms with Gasteiger partial charge >= 0.3 is 5.97 Å². The number of benzene rings is 2. The molecular formula is C19H24ClNO3. The number of esters is 1. The average molecular weight is 350 g/mol. The zero-order chi connectivity index (χ0) is 16.5. The van der Waals surface area contributed by atoms with Crippen LogP contribution in [-0.2, 0) is 4.74 Å². The number of nitrogens with zero attached hydrogens (tertiary/aromatic N) is 1. The van der Waals surface area contributed by atoms with Crippen molar-refractivity contribution < 1.29 is 14.3 Å². The largest absolute Gasteiger partial charge is 0.461 e. The van der Waals surface area contributed by atoms with Gasteiger partial charge in [-0.1, -0.05) is 32.0 Å². The molecule has 4 nitrogen and oxygen atoms in total. The molecule has 0 aliphatic carbocycles. The number of likely N-dealkylation sites (N-methyl/N-ethyl adjacent to an activating group) is 1. The topological polar surface area (TPSA) is 38.8 Å². The Balaban J connectivity index is 0.00000288. The van der Waals surface area contributed by atoms with Gasteiger partial charge in [0.15, 0.2) is 0 Å². The number of para-hydroxylation sites is 1. The number of hydrogen-bond donors (Lipinski definition) is 0. The maximum Gasteiger partial charge on any atom is 0.338 e. The van der Waals surface area contributed by atoms with Crippen molar-refractivity contribution in [3.05, 3.63) is 60.2 Å². The van der Waals surface area contributed by atoms with Gasteiger partial charge in [-0.3, -0.25) is 0 Å². The standard InChI is InChI=1S/C19H23NO3.ClH/c1-3-20(4-2)14-15-22-19(21)16-10-12-18(13-11-16)23-17-8-6-5-7-9-17;/h5-13H,3-4,14-15H2,1-2H3;1H. The van der Waals surface area contributed by atoms with Crippen molar-refractivity contribution in [2.24, 2.45) is 0 Å². The van der Waals surface area contributed by atoms with Crippen molar-refractivity contribution in [1.82, 2.24) is 4.90 Å². The molecule has 0 saturated heterocycles. The van der Waals surface area contributed by atoms with Gasteiger partial charge in [0.05, 0.1) is 5.56 Å². The number of ether oxygens (including phenoxy) is 2. The van der Waals surface area contributed by atoms with Crippen LogP contribution in [0.5, 0.6) is 11.5 Å². The molecular weight excluding hydrogens is 326 g/mol. The Morgan fingerprint density at radius 3 is 2.08 bits per heavy atom. The lowest BCUT2D eigenvalue weighted by Crippen LogP contribution is -2.27. The third-order valence-electron chi connectivity index (χ3n) is 3.60. The van der Waals surface area contributed by atoms with E-state index in [9.17, 15) is 4.79 Å². The second-order valence-electron chi connectivity index (χ2n) is 5.10. The van der Waals surface area contributed by atoms with E-state index in [1.807, 2.05) is 30.3 Å². The van der Waals surface area contributed by atoms with Crippen molar-refractivity contribution in [3.63, 3.8) is 0 Å². The van der Waals surface area contributed by atoms with Gasteiger partial charge in [0.25, 0.3) is 0 Å². The molecule has 24 heavy (non-hydrogen) atoms. The number of carbonyl (C=O) groups excluding carboxylic acids is 1. The van der Waals surface area contributed by atoms with Crippen LogP contribution in [0, 0.1) is 0 Å². The summed E-state index contributed by atoms with van der Waals surface area (Å²) in [7, 11) is 0. The van der Waals surface area contributed by atoms with E-state index in [1.165, 1.54) is 0 Å². The third-order valence-corrected chi connectivity index (χ3v) is 3.60. The fraction of sp³-hybridized carbons (Fsp3) is 0.316. The van der Waals surface area contributed by atoms with Gasteiger partial charge in [-0.15, -0.1) is 12.4 Å². The molecule has 0 saturated carbocycles. The Bertz CT molecular complexity index is 598. The summed E-state index contributed by atoms with van der Waals surface area (Å²) in [5.41, 5.74) is 0.532. The fourth-order valence-corrected chi connectivity index (χ4v) is 2.17. The van der Waals surface area contributed by atoms with Crippen LogP contribution in [0.3, 0.4) is 0 Å². The molecule has 0 fully saturated rings. The van der Waals surface area contributed by atoms with Gasteiger partial charge in [0.2, 0.25) is 0 Å². The van der Waals surface area contributed by atoms with Crippen molar-refractivity contribution in [2.75, 3.05) is 26.2 Å². The predicted octanol–water partition coefficient (Wildman–Crippen LogP) is 4.40. The molecule has 2 aromatic carbocycles. The molecule has 0 heterocycles. The molecule has 0 radical (unpaired) electrons. The van der Waals surface area contributed by atoms with Gasteiger partial charge in [-0.25, -0.2) is 4.79 Å². The molecule has 0 spiro atoms. The summed E-state index contributed by atoms with van der Waals surface area (Å²) >= 11 is 0. The molecule has 0 unspecified atom stereocenters. The van der Waals surface area contributed by atoms with Crippen LogP contribution < -0.4 is 4.74 Å². The zero-order valence-corrected chi connectivity index (χ0v) is 14.9. The lowest BCUT2D eigenvalue weighted by molar-refractivity contribution is 0.0466. The second kappa shape index (κ2) is 10.7. The Morgan fingerprint density at radius 1 is 0.917 bits per heavy atom. The van der Waals surface area contributed by atoms with E-state index in [0.29, 0.717) is 17.9 Å². The van der Waals surface area contributed by atoms with Crippen LogP contribution in [0.2, 0.25) is 0 Å². The normalized spacial score (nSPS) is 10.1. The van der Waals surface area contributed by atoms with Crippen LogP contribution >= 0.6 is 12.4 Å². The van der Waals surface area contributed by atoms with E-state index in [4.69, 9.17) is 9.47 Å². The molecule has 0 atom stereocenters. The SMILES string of the molecule is CCN(CC)CCOC(=O)c1ccc(Oc2ccccc2)cc1.Cl. The van der Waals surface area contributed by atoms with Crippen molar-refractivity contribution in [3.8, 4) is 11.5 Å². The van der Waals surface area contributed by atoms with Crippen molar-refractivity contribution in [2.45, 2.75) is 13.8 Å². The van der Waals surface area contributed by atoms with Crippen molar-refractivity contribution in [1.29, 1.82) is 0 Å². The van der Waals surface area contributed by atoms with Gasteiger partial charge in [0.1, 0.15) is 18.1 Å². The summed E-state index contributed by atoms with van der Waals surface area (Å²) < 4.78 is 11.0. The van der Waals surface area contributed by atoms with Crippen LogP contribution in [0.4, 0.5) is 0 Å². The first-order valence-corrected chi connectivity index (χ1v) is 7.95. The minimum atomic E-state index is -0.302. The average Bonchev–Trinajstić information content (AvgIpc) is 2.60. The van der Waals surface area contributed by atoms with Crippen molar-refractivity contribution >= 4 is 18.4 Å². The molecule has 0 N–H and O–H groups in total. The van der Waals surface area contributed by atoms with E-state index in [0.717, 1.165) is 25.4 Å². The second-order valence-corrected chi connectivity index (χ2v) is 5.10. The Morgan fingerprint density at radius 2 is 1.50 bits per heavy atom. The molecule has 0 aromatic heterocycles. The summed E-state index contributed by atoms with van der Waals surface area (Å²) in [6, 6.07) is 16.5. The minimum absolute atomic E-state index is 0. The minimum Gasteiger partial charge on any atom is -0.461 e. The summed E-state index contributed by atoms with van der Waals surface area (Å²) in [5.74, 6) is 1.15. The summed E-state index contributed by atoms with van der Waals surface area (Å²) in [6.45, 7) is 7.27. The first-order chi connectivity index (χ1) is 11.2. The van der Waals surface area contributed by atoms with Gasteiger partial charge in [-0.05, 0) is 49.5 Å². The summed E-state index contributed by atoms with van der Waals surface area (Å²) in [6.07, 6.45) is 0. The van der Waals surface area contributed by atoms with E-state index >= 15 is 0 Å². The van der Waals surface area contributed by atoms with E-state index < -0.39 is 0 Å². The lowest BCUT2D eigenvalue weighted by atomic mass is 10.2. The smallest absolute Gasteiger partial charge is 0.338 e. The number of hydrogen-bond acceptors (Lipinski definition) is 4. The fourth-order valence-electron chi connectivity index (χ4n) is 2.17. The molecule has 0 aliphatic rings. The zero-order valence-electron chi connectivity index (χ0n) is 14.1. The third kappa shape index (κ3) is 6.22. The highest BCUT2D eigenvalue weighted by Crippen LogP contribution is 2.21. The Kier molecular flexibility index (Phi) is 8.90. The number of rotatable bonds is 8. The summed E-state index contributed by atoms with van der Waals surface area (Å²) in [4.78, 5) is 14.2. The van der Waals surface area contributed by atoms with Gasteiger partial charge in [0, 0.05) is 6.54 Å². The number of carbonyl (C=O) groups is 1. The van der Waals surface area contributed by atoms with Crippen LogP contribution in [0.15, 0.2) is 54.6 Å². The van der Waals surface area contributed by atoms with Gasteiger partial charge in [-0.2, -0.15) is 0 Å². The molecule has 0 bridgehead atoms. The van der Waals surface area contributed by atoms with E-state index in [1.54, 1.807) is 24.3 Å². The van der Waals surface area contributed by atoms with Crippen LogP contribution in [0.25, 0.3) is 0 Å². The number of halogens is 1. The molecule has 2 aromatic rings. The van der Waals surface area contributed by atoms with Crippen LogP contribution in [-0.4, -0.2) is 37.1 Å². The van der Waals surface area contributed by atoms with E-state index in [2.05, 4.69) is 18.7 Å². The summed E-state index contributed by atoms with van der Waals surface area (Å²) in [5, 5.41) is 0. The Labute approximate surface area is 149 Å². The molecule has 2 rings (SSSR count). The first kappa shape index (κ1) is 20.0. The molecule has 0 amide bonds. The highest BCUT2D eigenvalue weighted by atomic mass is 35.5.